The van der Waals surface area contributed by atoms with Gasteiger partial charge in [-0.2, -0.15) is 4.41 Å². The maximum Gasteiger partial charge on any atom is 0.277 e. The molecule has 4 N–H and O–H groups in total. The number of β-amino-alcohol motifs (C(OH)–C–C–N with tert-alkyl or cyclic N) is 1. The second kappa shape index (κ2) is 20.9. The van der Waals surface area contributed by atoms with Gasteiger partial charge in [-0.1, -0.05) is 41.6 Å². The third kappa shape index (κ3) is 10.4. The van der Waals surface area contributed by atoms with Crippen LogP contribution in [0.2, 0.25) is 0 Å². The van der Waals surface area contributed by atoms with Crippen LogP contribution in [0.5, 0.6) is 5.75 Å². The molecule has 6 atom stereocenters. The van der Waals surface area contributed by atoms with Gasteiger partial charge in [0.05, 0.1) is 58.6 Å². The van der Waals surface area contributed by atoms with Crippen LogP contribution in [0.15, 0.2) is 95.2 Å². The number of likely N-dealkylation sites (tertiary alicyclic amines) is 1. The van der Waals surface area contributed by atoms with Crippen LogP contribution in [0.3, 0.4) is 0 Å². The average Bonchev–Trinajstić information content (AvgIpc) is 4.22. The number of carbonyl (C=O) groups is 3. The number of hydrogen-bond donors (Lipinski definition) is 4. The van der Waals surface area contributed by atoms with Gasteiger partial charge in [0.2, 0.25) is 17.6 Å². The largest absolute Gasteiger partial charge is 0.494 e. The van der Waals surface area contributed by atoms with E-state index in [0.717, 1.165) is 38.8 Å². The number of ether oxygens (including phenoxy) is 1. The summed E-state index contributed by atoms with van der Waals surface area (Å²) in [5, 5.41) is 19.2. The van der Waals surface area contributed by atoms with Crippen molar-refractivity contribution in [2.24, 2.45) is 0 Å². The molecule has 0 spiro atoms. The first-order valence-electron chi connectivity index (χ1n) is 22.9. The van der Waals surface area contributed by atoms with Crippen LogP contribution in [0.1, 0.15) is 83.2 Å². The molecule has 71 heavy (non-hydrogen) atoms. The summed E-state index contributed by atoms with van der Waals surface area (Å²) in [5.74, 6) is -4.32. The Morgan fingerprint density at radius 1 is 1.03 bits per heavy atom. The summed E-state index contributed by atoms with van der Waals surface area (Å²) in [7, 11) is 0. The van der Waals surface area contributed by atoms with Gasteiger partial charge >= 0.3 is 0 Å². The standard InChI is InChI=1S/C50H49F3N8O8S2/c1-27-19-43(69-58-27)37(50(65)60-25-35(62)21-42(60)49(64)57-28(2)30-6-8-32(9-7-30)47-29(3)56-26-70-47)5-4-18-68-36-12-10-31(11-13-36)33-20-38-39(23-55-48(38)54-22-33)46(63)44-40(52)14-15-41(45(44)53)61(71(66)67)59-17-16-34(51)24-59/h6-15,19-20,22-23,26,28,34-35,37,42,62H,4-5,16-18,21,24-25H2,1-3H3,(H,54,55)(H,57,64)(H,66,67)/t28-,34+,35?,37-,42?/m0/s1. The van der Waals surface area contributed by atoms with Crippen molar-refractivity contribution in [3.63, 3.8) is 0 Å². The monoisotopic (exact) mass is 1010 g/mol. The first-order valence-corrected chi connectivity index (χ1v) is 24.8. The third-order valence-electron chi connectivity index (χ3n) is 12.8. The van der Waals surface area contributed by atoms with Gasteiger partial charge in [0.15, 0.2) is 5.82 Å². The Balaban J connectivity index is 0.842. The number of aliphatic hydroxyl groups excluding tert-OH is 1. The Hall–Kier alpha value is -6.78. The predicted molar refractivity (Wildman–Crippen MR) is 259 cm³/mol. The molecule has 0 bridgehead atoms. The molecule has 4 aromatic heterocycles. The second-order valence-corrected chi connectivity index (χ2v) is 19.3. The number of amides is 2. The summed E-state index contributed by atoms with van der Waals surface area (Å²) in [6.07, 6.45) is 1.44. The molecule has 2 amide bonds. The first-order chi connectivity index (χ1) is 34.1. The topological polar surface area (TPSA) is 207 Å². The number of aromatic nitrogens is 4. The molecule has 2 aliphatic heterocycles. The second-order valence-electron chi connectivity index (χ2n) is 17.7. The predicted octanol–water partition coefficient (Wildman–Crippen LogP) is 8.15. The van der Waals surface area contributed by atoms with Crippen LogP contribution in [0.4, 0.5) is 18.9 Å². The lowest BCUT2D eigenvalue weighted by Gasteiger charge is -2.29. The van der Waals surface area contributed by atoms with Gasteiger partial charge in [-0.05, 0) is 87.1 Å². The Bertz CT molecular complexity index is 3110. The fourth-order valence-corrected chi connectivity index (χ4v) is 10.6. The van der Waals surface area contributed by atoms with Crippen molar-refractivity contribution in [3.05, 3.63) is 136 Å². The number of aromatic amines is 1. The lowest BCUT2D eigenvalue weighted by molar-refractivity contribution is -0.140. The molecule has 21 heteroatoms. The highest BCUT2D eigenvalue weighted by Crippen LogP contribution is 2.35. The normalized spacial score (nSPS) is 18.4. The number of alkyl halides is 1. The molecular weight excluding hydrogens is 962 g/mol. The quantitative estimate of drug-likeness (QED) is 0.0387. The Morgan fingerprint density at radius 2 is 1.79 bits per heavy atom. The van der Waals surface area contributed by atoms with Crippen LogP contribution in [0.25, 0.3) is 32.6 Å². The first kappa shape index (κ1) is 49.2. The number of hydrazine groups is 1. The number of rotatable bonds is 17. The van der Waals surface area contributed by atoms with E-state index in [2.05, 4.69) is 25.4 Å². The van der Waals surface area contributed by atoms with Gasteiger partial charge in [0.25, 0.3) is 11.3 Å². The number of ketones is 1. The summed E-state index contributed by atoms with van der Waals surface area (Å²) in [6, 6.07) is 18.7. The highest BCUT2D eigenvalue weighted by Gasteiger charge is 2.43. The van der Waals surface area contributed by atoms with Crippen molar-refractivity contribution in [2.75, 3.05) is 30.7 Å². The summed E-state index contributed by atoms with van der Waals surface area (Å²) in [6.45, 7) is 5.48. The molecule has 6 heterocycles. The molecule has 2 saturated heterocycles. The minimum Gasteiger partial charge on any atom is -0.494 e. The van der Waals surface area contributed by atoms with E-state index in [1.807, 2.05) is 38.1 Å². The number of carbonyl (C=O) groups excluding carboxylic acids is 3. The number of H-pyrrole nitrogens is 1. The van der Waals surface area contributed by atoms with E-state index in [1.54, 1.807) is 66.4 Å². The number of aryl methyl sites for hydroxylation is 2. The molecule has 2 fully saturated rings. The van der Waals surface area contributed by atoms with E-state index in [0.29, 0.717) is 39.2 Å². The molecule has 0 radical (unpaired) electrons. The Labute approximate surface area is 412 Å². The number of anilines is 1. The Morgan fingerprint density at radius 3 is 2.46 bits per heavy atom. The molecule has 0 saturated carbocycles. The summed E-state index contributed by atoms with van der Waals surface area (Å²) >= 11 is -1.30. The zero-order chi connectivity index (χ0) is 50.1. The number of nitrogens with one attached hydrogen (secondary N) is 2. The molecular formula is C50H49F3N8O8S2. The fraction of sp³-hybridized carbons (Fsp3) is 0.320. The number of aliphatic hydroxyl groups is 1. The van der Waals surface area contributed by atoms with Crippen molar-refractivity contribution in [2.45, 2.75) is 76.7 Å². The number of thiazole rings is 1. The summed E-state index contributed by atoms with van der Waals surface area (Å²) in [5.41, 5.74) is 5.14. The lowest BCUT2D eigenvalue weighted by atomic mass is 9.97. The summed E-state index contributed by atoms with van der Waals surface area (Å²) < 4.78 is 80.0. The van der Waals surface area contributed by atoms with Crippen LogP contribution in [0, 0.1) is 25.5 Å². The van der Waals surface area contributed by atoms with Crippen LogP contribution in [-0.4, -0.2) is 106 Å². The maximum atomic E-state index is 16.1. The molecule has 7 aromatic rings. The lowest BCUT2D eigenvalue weighted by Crippen LogP contribution is -2.48. The number of fused-ring (bicyclic) bond motifs is 1. The number of benzene rings is 3. The minimum atomic E-state index is -2.85. The number of hydrogen-bond acceptors (Lipinski definition) is 12. The number of pyridine rings is 1. The summed E-state index contributed by atoms with van der Waals surface area (Å²) in [4.78, 5) is 56.1. The molecule has 370 valence electrons. The molecule has 0 aliphatic carbocycles. The van der Waals surface area contributed by atoms with Gasteiger partial charge < -0.3 is 29.6 Å². The van der Waals surface area contributed by atoms with Gasteiger partial charge in [-0.15, -0.1) is 11.3 Å². The van der Waals surface area contributed by atoms with Crippen molar-refractivity contribution in [3.8, 4) is 27.3 Å². The van der Waals surface area contributed by atoms with E-state index in [-0.39, 0.29) is 80.0 Å². The number of halogens is 3. The fourth-order valence-electron chi connectivity index (χ4n) is 9.14. The zero-order valence-electron chi connectivity index (χ0n) is 38.7. The van der Waals surface area contributed by atoms with E-state index < -0.39 is 64.2 Å². The maximum absolute atomic E-state index is 16.1. The van der Waals surface area contributed by atoms with E-state index in [9.17, 15) is 32.6 Å². The van der Waals surface area contributed by atoms with Crippen molar-refractivity contribution in [1.82, 2.24) is 35.3 Å². The van der Waals surface area contributed by atoms with E-state index in [4.69, 9.17) is 9.26 Å². The van der Waals surface area contributed by atoms with Crippen LogP contribution < -0.4 is 14.5 Å². The highest BCUT2D eigenvalue weighted by molar-refractivity contribution is 7.80. The molecule has 3 aromatic carbocycles. The molecule has 2 aliphatic rings. The number of nitrogens with zero attached hydrogens (tertiary/aromatic N) is 6. The smallest absolute Gasteiger partial charge is 0.277 e. The van der Waals surface area contributed by atoms with Gasteiger partial charge in [0, 0.05) is 54.5 Å². The van der Waals surface area contributed by atoms with Gasteiger partial charge in [0.1, 0.15) is 40.9 Å². The van der Waals surface area contributed by atoms with Gasteiger partial charge in [-0.3, -0.25) is 18.9 Å². The third-order valence-corrected chi connectivity index (χ3v) is 14.5. The van der Waals surface area contributed by atoms with Crippen molar-refractivity contribution >= 4 is 56.9 Å². The van der Waals surface area contributed by atoms with E-state index >= 15 is 8.78 Å². The Kier molecular flexibility index (Phi) is 14.5. The zero-order valence-corrected chi connectivity index (χ0v) is 40.3. The molecule has 16 nitrogen and oxygen atoms in total. The van der Waals surface area contributed by atoms with Gasteiger partial charge in [-0.25, -0.2) is 32.4 Å². The highest BCUT2D eigenvalue weighted by atomic mass is 32.2. The van der Waals surface area contributed by atoms with E-state index in [1.165, 1.54) is 11.1 Å². The average molecular weight is 1010 g/mol. The molecule has 3 unspecified atom stereocenters. The van der Waals surface area contributed by atoms with Crippen molar-refractivity contribution < 1.29 is 50.7 Å². The van der Waals surface area contributed by atoms with Crippen LogP contribution >= 0.6 is 11.3 Å². The van der Waals surface area contributed by atoms with Crippen LogP contribution in [-0.2, 0) is 20.9 Å². The SMILES string of the molecule is Cc1cc([C@H](CCCOc2ccc(-c3cnc4[nH]cc(C(=O)c5c(F)ccc(N(N6CC[C@@H](F)C6)S(=O)O)c5F)c4c3)cc2)C(=O)N2CC(O)CC2C(=O)N[C@@H](C)c2ccc(-c3scnc3C)cc2)on1. The minimum absolute atomic E-state index is 0.00766. The van der Waals surface area contributed by atoms with Crippen molar-refractivity contribution in [1.29, 1.82) is 0 Å². The molecule has 9 rings (SSSR count).